The first-order valence-corrected chi connectivity index (χ1v) is 14.0. The zero-order valence-electron chi connectivity index (χ0n) is 27.4. The lowest BCUT2D eigenvalue weighted by atomic mass is 10.0. The number of carbonyl (C=O) groups excluding carboxylic acids is 2. The van der Waals surface area contributed by atoms with Gasteiger partial charge in [-0.05, 0) is 67.0 Å². The molecular weight excluding hydrogens is 516 g/mol. The van der Waals surface area contributed by atoms with Crippen LogP contribution >= 0.6 is 0 Å². The number of carbonyl (C=O) groups is 2. The van der Waals surface area contributed by atoms with Crippen molar-refractivity contribution in [2.24, 2.45) is 5.92 Å². The molecule has 2 amide bonds. The van der Waals surface area contributed by atoms with E-state index in [1.54, 1.807) is 42.5 Å². The Morgan fingerprint density at radius 1 is 0.780 bits per heavy atom. The minimum atomic E-state index is -0.518. The van der Waals surface area contributed by atoms with Gasteiger partial charge < -0.3 is 14.9 Å². The molecule has 7 heteroatoms. The third-order valence-electron chi connectivity index (χ3n) is 3.43. The van der Waals surface area contributed by atoms with Crippen LogP contribution in [0.4, 0.5) is 5.69 Å². The number of nitrogens with zero attached hydrogens (tertiary/aromatic N) is 1. The standard InChI is InChI=1S/C13H16N2O2.C4H10O.5C3H6.C2H6O2/c1-2-3-9-11-12(16)14-15(13(11)17)10-7-5-4-6-8-10;1-3-5-4-2;5*1-3-2;3-1-2-4/h4-8,11H,2-3,9H2,1H3,(H,14,16);3-4H2,1-2H3;5*3H,1H2,2H3;3-4H,1-2H2. The van der Waals surface area contributed by atoms with Gasteiger partial charge in [0.1, 0.15) is 5.92 Å². The summed E-state index contributed by atoms with van der Waals surface area (Å²) < 4.78 is 4.83. The molecule has 0 radical (unpaired) electrons. The lowest BCUT2D eigenvalue weighted by molar-refractivity contribution is -0.127. The predicted octanol–water partition coefficient (Wildman–Crippen LogP) is 7.85. The highest BCUT2D eigenvalue weighted by atomic mass is 16.5. The van der Waals surface area contributed by atoms with E-state index >= 15 is 0 Å². The fourth-order valence-electron chi connectivity index (χ4n) is 2.15. The smallest absolute Gasteiger partial charge is 0.258 e. The van der Waals surface area contributed by atoms with Gasteiger partial charge in [-0.1, -0.05) is 68.3 Å². The van der Waals surface area contributed by atoms with Crippen molar-refractivity contribution in [1.82, 2.24) is 5.43 Å². The third kappa shape index (κ3) is 44.0. The van der Waals surface area contributed by atoms with Crippen LogP contribution in [0.25, 0.3) is 0 Å². The van der Waals surface area contributed by atoms with Crippen molar-refractivity contribution in [3.63, 3.8) is 0 Å². The Bertz CT molecular complexity index is 667. The Morgan fingerprint density at radius 3 is 1.41 bits per heavy atom. The number of nitrogens with one attached hydrogen (secondary N) is 1. The summed E-state index contributed by atoms with van der Waals surface area (Å²) in [5.41, 5.74) is 3.34. The lowest BCUT2D eigenvalue weighted by Crippen LogP contribution is -2.35. The highest BCUT2D eigenvalue weighted by Crippen LogP contribution is 2.22. The number of para-hydroxylation sites is 1. The van der Waals surface area contributed by atoms with E-state index in [0.717, 1.165) is 26.1 Å². The van der Waals surface area contributed by atoms with Crippen molar-refractivity contribution in [2.45, 2.75) is 74.7 Å². The van der Waals surface area contributed by atoms with Gasteiger partial charge in [-0.25, -0.2) is 5.01 Å². The van der Waals surface area contributed by atoms with Gasteiger partial charge in [-0.3, -0.25) is 15.0 Å². The van der Waals surface area contributed by atoms with Crippen LogP contribution in [0.3, 0.4) is 0 Å². The molecular formula is C34H62N2O5. The molecule has 1 aliphatic heterocycles. The maximum absolute atomic E-state index is 12.1. The second-order valence-corrected chi connectivity index (χ2v) is 7.45. The van der Waals surface area contributed by atoms with Crippen molar-refractivity contribution < 1.29 is 24.5 Å². The van der Waals surface area contributed by atoms with Gasteiger partial charge in [-0.2, -0.15) is 0 Å². The predicted molar refractivity (Wildman–Crippen MR) is 181 cm³/mol. The minimum absolute atomic E-state index is 0.125. The minimum Gasteiger partial charge on any atom is -0.394 e. The Hall–Kier alpha value is -3.26. The summed E-state index contributed by atoms with van der Waals surface area (Å²) in [5.74, 6) is -0.850. The second-order valence-electron chi connectivity index (χ2n) is 7.45. The molecule has 0 aromatic heterocycles. The van der Waals surface area contributed by atoms with E-state index in [1.165, 1.54) is 5.01 Å². The monoisotopic (exact) mass is 578 g/mol. The van der Waals surface area contributed by atoms with Crippen molar-refractivity contribution in [3.8, 4) is 0 Å². The molecule has 1 saturated heterocycles. The number of allylic oxidation sites excluding steroid dienone is 5. The van der Waals surface area contributed by atoms with Gasteiger partial charge in [0, 0.05) is 13.2 Å². The van der Waals surface area contributed by atoms with Crippen LogP contribution in [-0.2, 0) is 14.3 Å². The highest BCUT2D eigenvalue weighted by molar-refractivity contribution is 6.14. The number of hydrazine groups is 1. The fraction of sp³-hybridized carbons (Fsp3) is 0.471. The van der Waals surface area contributed by atoms with Crippen LogP contribution in [-0.4, -0.2) is 48.5 Å². The number of amides is 2. The normalized spacial score (nSPS) is 11.5. The third-order valence-corrected chi connectivity index (χ3v) is 3.43. The zero-order valence-corrected chi connectivity index (χ0v) is 27.4. The SMILES string of the molecule is C=CC.C=CC.C=CC.C=CC.C=CC.CCCCC1C(=O)NN(c2ccccc2)C1=O.CCOCC.OCCO. The van der Waals surface area contributed by atoms with Crippen LogP contribution in [0.2, 0.25) is 0 Å². The Kier molecular flexibility index (Phi) is 61.3. The molecule has 1 aliphatic rings. The van der Waals surface area contributed by atoms with Gasteiger partial charge >= 0.3 is 0 Å². The molecule has 0 saturated carbocycles. The molecule has 1 heterocycles. The molecule has 41 heavy (non-hydrogen) atoms. The molecule has 0 bridgehead atoms. The molecule has 1 aromatic carbocycles. The van der Waals surface area contributed by atoms with Gasteiger partial charge in [0.25, 0.3) is 11.8 Å². The van der Waals surface area contributed by atoms with Crippen molar-refractivity contribution >= 4 is 17.5 Å². The highest BCUT2D eigenvalue weighted by Gasteiger charge is 2.39. The summed E-state index contributed by atoms with van der Waals surface area (Å²) in [7, 11) is 0. The van der Waals surface area contributed by atoms with Gasteiger partial charge in [-0.15, -0.1) is 32.9 Å². The Labute approximate surface area is 253 Å². The van der Waals surface area contributed by atoms with Crippen LogP contribution < -0.4 is 10.4 Å². The molecule has 1 unspecified atom stereocenters. The van der Waals surface area contributed by atoms with E-state index < -0.39 is 5.92 Å². The molecule has 2 rings (SSSR count). The molecule has 3 N–H and O–H groups in total. The number of hydrogen-bond acceptors (Lipinski definition) is 5. The van der Waals surface area contributed by atoms with E-state index in [9.17, 15) is 9.59 Å². The molecule has 238 valence electrons. The van der Waals surface area contributed by atoms with Crippen molar-refractivity contribution in [2.75, 3.05) is 31.4 Å². The van der Waals surface area contributed by atoms with Crippen LogP contribution in [0, 0.1) is 5.92 Å². The summed E-state index contributed by atoms with van der Waals surface area (Å²) in [6, 6.07) is 9.17. The van der Waals surface area contributed by atoms with E-state index in [1.807, 2.05) is 73.6 Å². The Balaban J connectivity index is -0.000000105. The maximum atomic E-state index is 12.1. The number of hydrogen-bond donors (Lipinski definition) is 3. The van der Waals surface area contributed by atoms with E-state index in [2.05, 4.69) is 38.3 Å². The van der Waals surface area contributed by atoms with Gasteiger partial charge in [0.15, 0.2) is 0 Å². The zero-order chi connectivity index (χ0) is 33.3. The maximum Gasteiger partial charge on any atom is 0.258 e. The fourth-order valence-corrected chi connectivity index (χ4v) is 2.15. The van der Waals surface area contributed by atoms with Crippen molar-refractivity contribution in [3.05, 3.63) is 93.6 Å². The summed E-state index contributed by atoms with van der Waals surface area (Å²) in [5, 5.41) is 16.6. The van der Waals surface area contributed by atoms with E-state index in [4.69, 9.17) is 14.9 Å². The molecule has 1 atom stereocenters. The number of anilines is 1. The quantitative estimate of drug-likeness (QED) is 0.226. The summed E-state index contributed by atoms with van der Waals surface area (Å²) in [4.78, 5) is 23.8. The van der Waals surface area contributed by atoms with E-state index in [0.29, 0.717) is 12.1 Å². The van der Waals surface area contributed by atoms with Gasteiger partial charge in [0.2, 0.25) is 0 Å². The average Bonchev–Trinajstić information content (AvgIpc) is 3.24. The topological polar surface area (TPSA) is 99.1 Å². The number of ether oxygens (including phenoxy) is 1. The molecule has 1 fully saturated rings. The largest absolute Gasteiger partial charge is 0.394 e. The Morgan fingerprint density at radius 2 is 1.15 bits per heavy atom. The van der Waals surface area contributed by atoms with Crippen LogP contribution in [0.1, 0.15) is 74.7 Å². The van der Waals surface area contributed by atoms with Gasteiger partial charge in [0.05, 0.1) is 18.9 Å². The molecule has 0 aliphatic carbocycles. The first-order chi connectivity index (χ1) is 19.6. The summed E-state index contributed by atoms with van der Waals surface area (Å²) >= 11 is 0. The summed E-state index contributed by atoms with van der Waals surface area (Å²) in [6.07, 6.45) is 11.3. The summed E-state index contributed by atoms with van der Waals surface area (Å²) in [6.45, 7) is 33.7. The van der Waals surface area contributed by atoms with Crippen LogP contribution in [0.5, 0.6) is 0 Å². The first kappa shape index (κ1) is 50.6. The second kappa shape index (κ2) is 49.7. The lowest BCUT2D eigenvalue weighted by Gasteiger charge is -2.14. The number of unbranched alkanes of at least 4 members (excludes halogenated alkanes) is 1. The van der Waals surface area contributed by atoms with Crippen LogP contribution in [0.15, 0.2) is 93.6 Å². The number of rotatable bonds is 7. The molecule has 1 aromatic rings. The van der Waals surface area contributed by atoms with Crippen molar-refractivity contribution in [1.29, 1.82) is 0 Å². The molecule has 0 spiro atoms. The molecule has 7 nitrogen and oxygen atoms in total. The first-order valence-electron chi connectivity index (χ1n) is 14.0. The average molecular weight is 579 g/mol. The number of benzene rings is 1. The number of aliphatic hydroxyl groups is 2. The van der Waals surface area contributed by atoms with E-state index in [-0.39, 0.29) is 25.0 Å². The number of aliphatic hydroxyl groups excluding tert-OH is 2.